The first-order valence-electron chi connectivity index (χ1n) is 13.3. The molecule has 1 atom stereocenters. The summed E-state index contributed by atoms with van der Waals surface area (Å²) in [6, 6.07) is 19.6. The fourth-order valence-electron chi connectivity index (χ4n) is 4.86. The number of aromatic nitrogens is 1. The van der Waals surface area contributed by atoms with Crippen LogP contribution in [0.15, 0.2) is 76.0 Å². The van der Waals surface area contributed by atoms with Gasteiger partial charge in [0.05, 0.1) is 46.2 Å². The van der Waals surface area contributed by atoms with Gasteiger partial charge in [-0.15, -0.1) is 0 Å². The first-order valence-corrected chi connectivity index (χ1v) is 16.3. The number of esters is 1. The van der Waals surface area contributed by atoms with Gasteiger partial charge in [0.25, 0.3) is 5.56 Å². The lowest BCUT2D eigenvalue weighted by molar-refractivity contribution is -0.138. The number of carbonyl (C=O) groups excluding carboxylic acids is 1. The van der Waals surface area contributed by atoms with Gasteiger partial charge in [-0.2, -0.15) is 5.26 Å². The lowest BCUT2D eigenvalue weighted by Crippen LogP contribution is -2.40. The second kappa shape index (κ2) is 14.0. The van der Waals surface area contributed by atoms with Gasteiger partial charge in [-0.05, 0) is 88.0 Å². The van der Waals surface area contributed by atoms with E-state index in [0.717, 1.165) is 7.14 Å². The maximum atomic E-state index is 14.3. The highest BCUT2D eigenvalue weighted by atomic mass is 127. The summed E-state index contributed by atoms with van der Waals surface area (Å²) >= 11 is 5.55. The minimum atomic E-state index is -0.882. The molecule has 0 spiro atoms. The minimum absolute atomic E-state index is 0.138. The molecule has 4 aromatic rings. The van der Waals surface area contributed by atoms with E-state index in [1.807, 2.05) is 48.5 Å². The Balaban J connectivity index is 1.85. The molecular weight excluding hydrogens is 808 g/mol. The average Bonchev–Trinajstić information content (AvgIpc) is 3.34. The van der Waals surface area contributed by atoms with Crippen molar-refractivity contribution in [3.63, 3.8) is 0 Å². The second-order valence-corrected chi connectivity index (χ2v) is 12.7. The minimum Gasteiger partial charge on any atom is -0.493 e. The molecule has 0 fully saturated rings. The SMILES string of the molecule is CCOC(=O)C1=C(c2ccccc2)N=c2s/c(=C\c3cc(I)cc(I)c3OCC#N)c(=O)n2[C@@H]1c1ccc(OC)c(OC)c1. The predicted octanol–water partition coefficient (Wildman–Crippen LogP) is 5.06. The number of hydrogen-bond acceptors (Lipinski definition) is 9. The van der Waals surface area contributed by atoms with Crippen molar-refractivity contribution < 1.29 is 23.7 Å². The second-order valence-electron chi connectivity index (χ2n) is 9.30. The molecule has 224 valence electrons. The van der Waals surface area contributed by atoms with Crippen LogP contribution in [0.1, 0.15) is 29.7 Å². The van der Waals surface area contributed by atoms with Crippen LogP contribution in [0.2, 0.25) is 0 Å². The van der Waals surface area contributed by atoms with E-state index in [-0.39, 0.29) is 24.3 Å². The van der Waals surface area contributed by atoms with E-state index in [9.17, 15) is 9.59 Å². The van der Waals surface area contributed by atoms with Crippen LogP contribution < -0.4 is 29.1 Å². The molecule has 3 aromatic carbocycles. The summed E-state index contributed by atoms with van der Waals surface area (Å²) in [5, 5.41) is 9.13. The van der Waals surface area contributed by atoms with Crippen LogP contribution in [0.5, 0.6) is 17.2 Å². The van der Waals surface area contributed by atoms with Crippen molar-refractivity contribution in [1.29, 1.82) is 5.26 Å². The zero-order chi connectivity index (χ0) is 31.4. The largest absolute Gasteiger partial charge is 0.493 e. The standard InChI is InChI=1S/C32H25I2N3O6S/c1-4-42-31(39)26-27(18-8-6-5-7-9-18)36-32-37(28(26)19-10-11-23(40-2)24(15-19)41-3)30(38)25(44-32)16-20-14-21(33)17-22(34)29(20)43-13-12-35/h5-11,14-17,28H,4,13H2,1-3H3/b25-16-/t28-/m1/s1. The highest BCUT2D eigenvalue weighted by molar-refractivity contribution is 14.1. The fraction of sp³-hybridized carbons (Fsp3) is 0.188. The lowest BCUT2D eigenvalue weighted by Gasteiger charge is -2.26. The van der Waals surface area contributed by atoms with Crippen molar-refractivity contribution in [2.24, 2.45) is 4.99 Å². The summed E-state index contributed by atoms with van der Waals surface area (Å²) in [7, 11) is 3.07. The summed E-state index contributed by atoms with van der Waals surface area (Å²) in [5.74, 6) is 0.878. The van der Waals surface area contributed by atoms with Crippen molar-refractivity contribution in [2.45, 2.75) is 13.0 Å². The van der Waals surface area contributed by atoms with E-state index < -0.39 is 12.0 Å². The van der Waals surface area contributed by atoms with Gasteiger partial charge < -0.3 is 18.9 Å². The molecule has 1 aromatic heterocycles. The summed E-state index contributed by atoms with van der Waals surface area (Å²) in [6.45, 7) is 1.74. The highest BCUT2D eigenvalue weighted by Crippen LogP contribution is 2.38. The third kappa shape index (κ3) is 6.26. The molecule has 1 aliphatic rings. The Kier molecular flexibility index (Phi) is 10.1. The number of benzene rings is 3. The maximum absolute atomic E-state index is 14.3. The van der Waals surface area contributed by atoms with Crippen LogP contribution in [0.25, 0.3) is 11.8 Å². The van der Waals surface area contributed by atoms with Gasteiger partial charge in [0, 0.05) is 14.7 Å². The third-order valence-electron chi connectivity index (χ3n) is 6.70. The Morgan fingerprint density at radius 1 is 1.09 bits per heavy atom. The van der Waals surface area contributed by atoms with Crippen LogP contribution in [-0.4, -0.2) is 38.0 Å². The molecule has 0 saturated carbocycles. The van der Waals surface area contributed by atoms with E-state index in [1.54, 1.807) is 38.3 Å². The van der Waals surface area contributed by atoms with Crippen LogP contribution in [0.3, 0.4) is 0 Å². The van der Waals surface area contributed by atoms with Gasteiger partial charge >= 0.3 is 5.97 Å². The number of thiazole rings is 1. The molecule has 5 rings (SSSR count). The average molecular weight is 833 g/mol. The third-order valence-corrected chi connectivity index (χ3v) is 9.11. The van der Waals surface area contributed by atoms with Crippen LogP contribution >= 0.6 is 56.5 Å². The van der Waals surface area contributed by atoms with Gasteiger partial charge in [-0.3, -0.25) is 9.36 Å². The Hall–Kier alpha value is -3.68. The number of rotatable bonds is 9. The molecule has 0 amide bonds. The Morgan fingerprint density at radius 2 is 1.84 bits per heavy atom. The van der Waals surface area contributed by atoms with Gasteiger partial charge in [-0.25, -0.2) is 9.79 Å². The first-order chi connectivity index (χ1) is 21.3. The molecular formula is C32H25I2N3O6S. The maximum Gasteiger partial charge on any atom is 0.338 e. The number of carbonyl (C=O) groups is 1. The molecule has 0 unspecified atom stereocenters. The monoisotopic (exact) mass is 833 g/mol. The van der Waals surface area contributed by atoms with Crippen molar-refractivity contribution in [1.82, 2.24) is 4.57 Å². The Bertz CT molecular complexity index is 2000. The number of nitriles is 1. The molecule has 0 N–H and O–H groups in total. The quantitative estimate of drug-likeness (QED) is 0.171. The molecule has 1 aliphatic heterocycles. The van der Waals surface area contributed by atoms with E-state index >= 15 is 0 Å². The van der Waals surface area contributed by atoms with Crippen molar-refractivity contribution in [2.75, 3.05) is 27.4 Å². The normalized spacial score (nSPS) is 14.4. The van der Waals surface area contributed by atoms with Crippen molar-refractivity contribution in [3.05, 3.63) is 110 Å². The molecule has 12 heteroatoms. The summed E-state index contributed by atoms with van der Waals surface area (Å²) in [5.41, 5.74) is 2.27. The van der Waals surface area contributed by atoms with E-state index in [0.29, 0.717) is 49.0 Å². The Morgan fingerprint density at radius 3 is 2.52 bits per heavy atom. The van der Waals surface area contributed by atoms with Crippen LogP contribution in [-0.2, 0) is 9.53 Å². The fourth-order valence-corrected chi connectivity index (χ4v) is 7.90. The zero-order valence-electron chi connectivity index (χ0n) is 23.8. The van der Waals surface area contributed by atoms with Crippen LogP contribution in [0.4, 0.5) is 0 Å². The van der Waals surface area contributed by atoms with E-state index in [4.69, 9.17) is 29.2 Å². The van der Waals surface area contributed by atoms with Crippen molar-refractivity contribution >= 4 is 74.3 Å². The summed E-state index contributed by atoms with van der Waals surface area (Å²) in [6.07, 6.45) is 1.74. The summed E-state index contributed by atoms with van der Waals surface area (Å²) in [4.78, 5) is 33.3. The topological polar surface area (TPSA) is 112 Å². The smallest absolute Gasteiger partial charge is 0.338 e. The molecule has 0 aliphatic carbocycles. The lowest BCUT2D eigenvalue weighted by atomic mass is 9.93. The zero-order valence-corrected chi connectivity index (χ0v) is 28.9. The number of methoxy groups -OCH3 is 2. The van der Waals surface area contributed by atoms with Gasteiger partial charge in [0.1, 0.15) is 11.8 Å². The molecule has 2 heterocycles. The molecule has 9 nitrogen and oxygen atoms in total. The number of nitrogens with zero attached hydrogens (tertiary/aromatic N) is 3. The molecule has 0 saturated heterocycles. The van der Waals surface area contributed by atoms with Gasteiger partial charge in [0.15, 0.2) is 22.9 Å². The molecule has 44 heavy (non-hydrogen) atoms. The first kappa shape index (κ1) is 31.7. The van der Waals surface area contributed by atoms with Gasteiger partial charge in [0.2, 0.25) is 0 Å². The highest BCUT2D eigenvalue weighted by Gasteiger charge is 2.35. The Labute approximate surface area is 284 Å². The molecule has 0 radical (unpaired) electrons. The number of halogens is 2. The number of ether oxygens (including phenoxy) is 4. The molecule has 0 bridgehead atoms. The number of hydrogen-bond donors (Lipinski definition) is 0. The van der Waals surface area contributed by atoms with Crippen molar-refractivity contribution in [3.8, 4) is 23.3 Å². The predicted molar refractivity (Wildman–Crippen MR) is 184 cm³/mol. The van der Waals surface area contributed by atoms with Gasteiger partial charge in [-0.1, -0.05) is 47.7 Å². The van der Waals surface area contributed by atoms with E-state index in [2.05, 4.69) is 45.2 Å². The number of fused-ring (bicyclic) bond motifs is 1. The van der Waals surface area contributed by atoms with Crippen LogP contribution in [0, 0.1) is 18.5 Å². The van der Waals surface area contributed by atoms with E-state index in [1.165, 1.54) is 23.0 Å². The summed E-state index contributed by atoms with van der Waals surface area (Å²) < 4.78 is 26.0.